The molecule has 0 unspecified atom stereocenters. The van der Waals surface area contributed by atoms with Gasteiger partial charge >= 0.3 is 0 Å². The van der Waals surface area contributed by atoms with Gasteiger partial charge in [-0.1, -0.05) is 70.1 Å². The highest BCUT2D eigenvalue weighted by Gasteiger charge is 2.70. The fourth-order valence-corrected chi connectivity index (χ4v) is 73.1. The zero-order valence-electron chi connectivity index (χ0n) is 16.3. The standard InChI is InChI=1S/C16H37BrSi4/c1-14-12-21(17,13-15(14)2)16(18(3,4)5,19(6,7)8)20(9,10)11/h12-13H2,1-11H3. The van der Waals surface area contributed by atoms with E-state index in [2.05, 4.69) is 88.1 Å². The van der Waals surface area contributed by atoms with Gasteiger partial charge in [0.15, 0.2) is 0 Å². The van der Waals surface area contributed by atoms with Crippen molar-refractivity contribution in [3.63, 3.8) is 0 Å². The van der Waals surface area contributed by atoms with Crippen LogP contribution in [0.2, 0.25) is 74.9 Å². The van der Waals surface area contributed by atoms with Crippen molar-refractivity contribution in [1.29, 1.82) is 0 Å². The molecular formula is C16H37BrSi4. The molecule has 0 aliphatic carbocycles. The number of hydrogen-bond donors (Lipinski definition) is 0. The third-order valence-electron chi connectivity index (χ3n) is 5.87. The molecule has 1 heterocycles. The topological polar surface area (TPSA) is 0 Å². The molecule has 124 valence electrons. The SMILES string of the molecule is CC1=C(C)C[Si](Br)(C([Si](C)(C)C)([Si](C)(C)C)[Si](C)(C)C)C1. The first-order chi connectivity index (χ1) is 9.01. The van der Waals surface area contributed by atoms with E-state index in [1.165, 1.54) is 12.1 Å². The number of hydrogen-bond acceptors (Lipinski definition) is 0. The van der Waals surface area contributed by atoms with Crippen LogP contribution in [0.4, 0.5) is 0 Å². The molecule has 0 amide bonds. The molecule has 1 aliphatic rings. The molecule has 0 N–H and O–H groups in total. The molecule has 0 nitrogen and oxygen atoms in total. The fourth-order valence-electron chi connectivity index (χ4n) is 6.86. The highest BCUT2D eigenvalue weighted by Crippen LogP contribution is 2.66. The van der Waals surface area contributed by atoms with Crippen molar-refractivity contribution in [3.8, 4) is 0 Å². The Kier molecular flexibility index (Phi) is 5.34. The Morgan fingerprint density at radius 1 is 0.714 bits per heavy atom. The van der Waals surface area contributed by atoms with E-state index in [0.717, 1.165) is 3.91 Å². The van der Waals surface area contributed by atoms with Gasteiger partial charge in [0.1, 0.15) is 6.69 Å². The van der Waals surface area contributed by atoms with Gasteiger partial charge in [0, 0.05) is 24.2 Å². The minimum Gasteiger partial charge on any atom is -0.126 e. The van der Waals surface area contributed by atoms with Gasteiger partial charge in [-0.05, 0) is 29.8 Å². The van der Waals surface area contributed by atoms with E-state index < -0.39 is 30.9 Å². The summed E-state index contributed by atoms with van der Waals surface area (Å²) in [6, 6.07) is 2.83. The van der Waals surface area contributed by atoms with Crippen LogP contribution in [0.5, 0.6) is 0 Å². The molecule has 0 saturated heterocycles. The van der Waals surface area contributed by atoms with Gasteiger partial charge in [-0.15, -0.1) is 15.3 Å². The molecule has 21 heavy (non-hydrogen) atoms. The maximum atomic E-state index is 4.56. The Hall–Kier alpha value is 1.09. The van der Waals surface area contributed by atoms with Crippen molar-refractivity contribution < 1.29 is 0 Å². The van der Waals surface area contributed by atoms with Crippen molar-refractivity contribution in [3.05, 3.63) is 11.1 Å². The van der Waals surface area contributed by atoms with Crippen LogP contribution >= 0.6 is 15.3 Å². The Labute approximate surface area is 145 Å². The molecule has 0 aromatic carbocycles. The molecule has 0 radical (unpaired) electrons. The summed E-state index contributed by atoms with van der Waals surface area (Å²) >= 11 is 4.56. The molecule has 5 heteroatoms. The van der Waals surface area contributed by atoms with Crippen LogP contribution in [0.1, 0.15) is 13.8 Å². The lowest BCUT2D eigenvalue weighted by Gasteiger charge is -2.65. The van der Waals surface area contributed by atoms with E-state index in [0.29, 0.717) is 0 Å². The van der Waals surface area contributed by atoms with Gasteiger partial charge in [-0.2, -0.15) is 0 Å². The number of allylic oxidation sites excluding steroid dienone is 2. The maximum Gasteiger partial charge on any atom is 0.136 e. The van der Waals surface area contributed by atoms with E-state index in [1.807, 2.05) is 0 Å². The van der Waals surface area contributed by atoms with Gasteiger partial charge in [-0.3, -0.25) is 0 Å². The van der Waals surface area contributed by atoms with E-state index in [1.54, 1.807) is 11.1 Å². The van der Waals surface area contributed by atoms with Crippen LogP contribution in [0.15, 0.2) is 11.1 Å². The first-order valence-electron chi connectivity index (χ1n) is 8.35. The molecule has 0 spiro atoms. The summed E-state index contributed by atoms with van der Waals surface area (Å²) in [5.74, 6) is 0. The van der Waals surface area contributed by atoms with E-state index in [4.69, 9.17) is 0 Å². The smallest absolute Gasteiger partial charge is 0.126 e. The second kappa shape index (κ2) is 5.57. The first kappa shape index (κ1) is 20.1. The van der Waals surface area contributed by atoms with Crippen LogP contribution in [0.25, 0.3) is 0 Å². The summed E-state index contributed by atoms with van der Waals surface area (Å²) < 4.78 is 0.721. The van der Waals surface area contributed by atoms with Crippen LogP contribution in [0, 0.1) is 0 Å². The summed E-state index contributed by atoms with van der Waals surface area (Å²) in [4.78, 5) is 0. The predicted octanol–water partition coefficient (Wildman–Crippen LogP) is 7.05. The normalized spacial score (nSPS) is 21.1. The lowest BCUT2D eigenvalue weighted by Crippen LogP contribution is -2.75. The highest BCUT2D eigenvalue weighted by atomic mass is 79.9. The van der Waals surface area contributed by atoms with Gasteiger partial charge in [-0.25, -0.2) is 0 Å². The quantitative estimate of drug-likeness (QED) is 0.259. The van der Waals surface area contributed by atoms with Gasteiger partial charge in [0.25, 0.3) is 0 Å². The van der Waals surface area contributed by atoms with Gasteiger partial charge in [0.2, 0.25) is 0 Å². The minimum atomic E-state index is -1.47. The number of halogens is 1. The molecular weight excluding hydrogens is 384 g/mol. The van der Waals surface area contributed by atoms with Gasteiger partial charge < -0.3 is 0 Å². The molecule has 0 bridgehead atoms. The Morgan fingerprint density at radius 3 is 1.14 bits per heavy atom. The lowest BCUT2D eigenvalue weighted by molar-refractivity contribution is 1.17. The maximum absolute atomic E-state index is 4.56. The Bertz CT molecular complexity index is 396. The zero-order valence-corrected chi connectivity index (χ0v) is 21.9. The van der Waals surface area contributed by atoms with Crippen molar-refractivity contribution in [2.45, 2.75) is 88.8 Å². The van der Waals surface area contributed by atoms with Crippen molar-refractivity contribution >= 4 is 46.2 Å². The van der Waals surface area contributed by atoms with Crippen LogP contribution in [-0.2, 0) is 0 Å². The minimum absolute atomic E-state index is 0.721. The molecule has 0 fully saturated rings. The molecule has 0 saturated carbocycles. The average molecular weight is 422 g/mol. The Balaban J connectivity index is 3.70. The van der Waals surface area contributed by atoms with Crippen LogP contribution in [-0.4, -0.2) is 30.9 Å². The molecule has 0 aromatic rings. The Morgan fingerprint density at radius 2 is 0.952 bits per heavy atom. The lowest BCUT2D eigenvalue weighted by atomic mass is 10.2. The monoisotopic (exact) mass is 420 g/mol. The van der Waals surface area contributed by atoms with E-state index in [9.17, 15) is 0 Å². The van der Waals surface area contributed by atoms with Crippen LogP contribution < -0.4 is 0 Å². The average Bonchev–Trinajstić information content (AvgIpc) is 2.32. The van der Waals surface area contributed by atoms with Crippen molar-refractivity contribution in [1.82, 2.24) is 0 Å². The molecule has 1 rings (SSSR count). The first-order valence-corrected chi connectivity index (χ1v) is 23.5. The van der Waals surface area contributed by atoms with Gasteiger partial charge in [0.05, 0.1) is 0 Å². The van der Waals surface area contributed by atoms with Crippen LogP contribution in [0.3, 0.4) is 0 Å². The fraction of sp³-hybridized carbons (Fsp3) is 0.875. The summed E-state index contributed by atoms with van der Waals surface area (Å²) in [6.07, 6.45) is 0. The molecule has 0 aromatic heterocycles. The zero-order chi connectivity index (χ0) is 17.1. The predicted molar refractivity (Wildman–Crippen MR) is 115 cm³/mol. The third kappa shape index (κ3) is 2.94. The molecule has 0 atom stereocenters. The highest BCUT2D eigenvalue weighted by molar-refractivity contribution is 9.26. The van der Waals surface area contributed by atoms with Crippen molar-refractivity contribution in [2.24, 2.45) is 0 Å². The summed E-state index contributed by atoms with van der Waals surface area (Å²) in [5.41, 5.74) is 3.41. The summed E-state index contributed by atoms with van der Waals surface area (Å²) in [5, 5.41) is 0. The molecule has 1 aliphatic heterocycles. The largest absolute Gasteiger partial charge is 0.136 e. The second-order valence-corrected chi connectivity index (χ2v) is 37.1. The van der Waals surface area contributed by atoms with E-state index in [-0.39, 0.29) is 0 Å². The van der Waals surface area contributed by atoms with Crippen molar-refractivity contribution in [2.75, 3.05) is 0 Å². The summed E-state index contributed by atoms with van der Waals surface area (Å²) in [7, 11) is -3.88. The third-order valence-corrected chi connectivity index (χ3v) is 47.5. The van der Waals surface area contributed by atoms with E-state index >= 15 is 0 Å². The number of rotatable bonds is 4. The summed E-state index contributed by atoms with van der Waals surface area (Å²) in [6.45, 7) is 27.5. The second-order valence-electron chi connectivity index (χ2n) is 10.4.